The van der Waals surface area contributed by atoms with Crippen LogP contribution in [0.2, 0.25) is 0 Å². The molecule has 8 heteroatoms. The number of carbonyl (C=O) groups is 3. The second-order valence-corrected chi connectivity index (χ2v) is 8.26. The number of benzene rings is 2. The Hall–Kier alpha value is -3.39. The summed E-state index contributed by atoms with van der Waals surface area (Å²) in [5.74, 6) is -2.10. The van der Waals surface area contributed by atoms with E-state index in [4.69, 9.17) is 5.73 Å². The normalized spacial score (nSPS) is 13.8. The predicted octanol–water partition coefficient (Wildman–Crippen LogP) is 1.61. The second kappa shape index (κ2) is 11.9. The number of hydrogen-bond acceptors (Lipinski definition) is 5. The highest BCUT2D eigenvalue weighted by Crippen LogP contribution is 2.12. The molecule has 32 heavy (non-hydrogen) atoms. The Morgan fingerprint density at radius 2 is 1.41 bits per heavy atom. The van der Waals surface area contributed by atoms with Crippen LogP contribution in [0.1, 0.15) is 31.4 Å². The van der Waals surface area contributed by atoms with E-state index in [1.165, 1.54) is 12.1 Å². The Morgan fingerprint density at radius 1 is 0.844 bits per heavy atom. The fourth-order valence-corrected chi connectivity index (χ4v) is 3.28. The molecule has 0 bridgehead atoms. The van der Waals surface area contributed by atoms with Crippen LogP contribution in [-0.4, -0.2) is 46.1 Å². The molecule has 0 aliphatic carbocycles. The summed E-state index contributed by atoms with van der Waals surface area (Å²) in [5, 5.41) is 24.2. The highest BCUT2D eigenvalue weighted by Gasteiger charge is 2.28. The quantitative estimate of drug-likeness (QED) is 0.359. The van der Waals surface area contributed by atoms with Gasteiger partial charge in [0.25, 0.3) is 0 Å². The molecule has 2 rings (SSSR count). The minimum Gasteiger partial charge on any atom is -0.508 e. The lowest BCUT2D eigenvalue weighted by molar-refractivity contribution is -0.142. The van der Waals surface area contributed by atoms with Gasteiger partial charge in [-0.2, -0.15) is 0 Å². The van der Waals surface area contributed by atoms with E-state index < -0.39 is 35.9 Å². The van der Waals surface area contributed by atoms with Crippen LogP contribution in [0.15, 0.2) is 54.6 Å². The molecule has 2 aromatic carbocycles. The monoisotopic (exact) mass is 441 g/mol. The maximum absolute atomic E-state index is 12.9. The first kappa shape index (κ1) is 24.9. The smallest absolute Gasteiger partial charge is 0.326 e. The highest BCUT2D eigenvalue weighted by molar-refractivity contribution is 5.91. The number of aromatic hydroxyl groups is 1. The van der Waals surface area contributed by atoms with Gasteiger partial charge in [-0.25, -0.2) is 4.79 Å². The Kier molecular flexibility index (Phi) is 9.22. The third-order valence-corrected chi connectivity index (χ3v) is 4.97. The van der Waals surface area contributed by atoms with Crippen LogP contribution in [0, 0.1) is 5.92 Å². The van der Waals surface area contributed by atoms with Crippen molar-refractivity contribution in [1.29, 1.82) is 0 Å². The van der Waals surface area contributed by atoms with Crippen LogP contribution in [0.3, 0.4) is 0 Å². The maximum Gasteiger partial charge on any atom is 0.326 e. The SMILES string of the molecule is CC(C)C[C@H](NC(=O)[C@@H](N)Cc1ccccc1)C(=O)N[C@@H](Cc1ccc(O)cc1)C(=O)O. The third kappa shape index (κ3) is 8.03. The van der Waals surface area contributed by atoms with Gasteiger partial charge in [0.1, 0.15) is 17.8 Å². The Labute approximate surface area is 187 Å². The van der Waals surface area contributed by atoms with Crippen molar-refractivity contribution >= 4 is 17.8 Å². The second-order valence-electron chi connectivity index (χ2n) is 8.26. The zero-order valence-electron chi connectivity index (χ0n) is 18.3. The molecular weight excluding hydrogens is 410 g/mol. The lowest BCUT2D eigenvalue weighted by Crippen LogP contribution is -2.55. The van der Waals surface area contributed by atoms with Crippen LogP contribution in [0.25, 0.3) is 0 Å². The summed E-state index contributed by atoms with van der Waals surface area (Å²) >= 11 is 0. The van der Waals surface area contributed by atoms with E-state index in [9.17, 15) is 24.6 Å². The Balaban J connectivity index is 2.05. The summed E-state index contributed by atoms with van der Waals surface area (Å²) in [7, 11) is 0. The van der Waals surface area contributed by atoms with E-state index in [0.29, 0.717) is 18.4 Å². The predicted molar refractivity (Wildman–Crippen MR) is 121 cm³/mol. The third-order valence-electron chi connectivity index (χ3n) is 4.97. The molecule has 0 heterocycles. The number of nitrogens with one attached hydrogen (secondary N) is 2. The Bertz CT molecular complexity index is 900. The maximum atomic E-state index is 12.9. The van der Waals surface area contributed by atoms with Crippen molar-refractivity contribution in [3.63, 3.8) is 0 Å². The van der Waals surface area contributed by atoms with Gasteiger partial charge >= 0.3 is 5.97 Å². The molecular formula is C24H31N3O5. The number of hydrogen-bond donors (Lipinski definition) is 5. The molecule has 0 saturated carbocycles. The first-order valence-corrected chi connectivity index (χ1v) is 10.6. The lowest BCUT2D eigenvalue weighted by Gasteiger charge is -2.24. The van der Waals surface area contributed by atoms with Crippen LogP contribution in [0.4, 0.5) is 0 Å². The number of phenols is 1. The summed E-state index contributed by atoms with van der Waals surface area (Å²) in [5.41, 5.74) is 7.58. The average Bonchev–Trinajstić information content (AvgIpc) is 2.74. The van der Waals surface area contributed by atoms with Gasteiger partial charge in [0.15, 0.2) is 0 Å². The highest BCUT2D eigenvalue weighted by atomic mass is 16.4. The van der Waals surface area contributed by atoms with Gasteiger partial charge < -0.3 is 26.6 Å². The van der Waals surface area contributed by atoms with Gasteiger partial charge in [0.05, 0.1) is 6.04 Å². The van der Waals surface area contributed by atoms with Gasteiger partial charge in [-0.05, 0) is 42.0 Å². The minimum atomic E-state index is -1.19. The molecule has 0 aliphatic heterocycles. The molecule has 2 aromatic rings. The summed E-state index contributed by atoms with van der Waals surface area (Å²) in [6.07, 6.45) is 0.694. The van der Waals surface area contributed by atoms with E-state index >= 15 is 0 Å². The number of phenolic OH excluding ortho intramolecular Hbond substituents is 1. The molecule has 6 N–H and O–H groups in total. The lowest BCUT2D eigenvalue weighted by atomic mass is 10.00. The van der Waals surface area contributed by atoms with Gasteiger partial charge in [0.2, 0.25) is 11.8 Å². The van der Waals surface area contributed by atoms with Crippen LogP contribution in [-0.2, 0) is 27.2 Å². The molecule has 0 unspecified atom stereocenters. The first-order chi connectivity index (χ1) is 15.2. The van der Waals surface area contributed by atoms with Crippen LogP contribution >= 0.6 is 0 Å². The largest absolute Gasteiger partial charge is 0.508 e. The Morgan fingerprint density at radius 3 is 1.97 bits per heavy atom. The van der Waals surface area contributed by atoms with E-state index in [-0.39, 0.29) is 18.1 Å². The minimum absolute atomic E-state index is 0.0389. The van der Waals surface area contributed by atoms with Crippen molar-refractivity contribution in [2.75, 3.05) is 0 Å². The topological polar surface area (TPSA) is 142 Å². The van der Waals surface area contributed by atoms with Gasteiger partial charge in [-0.3, -0.25) is 9.59 Å². The zero-order chi connectivity index (χ0) is 23.7. The van der Waals surface area contributed by atoms with E-state index in [1.807, 2.05) is 44.2 Å². The van der Waals surface area contributed by atoms with E-state index in [1.54, 1.807) is 12.1 Å². The zero-order valence-corrected chi connectivity index (χ0v) is 18.3. The van der Waals surface area contributed by atoms with Crippen molar-refractivity contribution in [2.45, 2.75) is 51.2 Å². The van der Waals surface area contributed by atoms with E-state index in [0.717, 1.165) is 5.56 Å². The van der Waals surface area contributed by atoms with Crippen molar-refractivity contribution in [2.24, 2.45) is 11.7 Å². The molecule has 0 spiro atoms. The van der Waals surface area contributed by atoms with Crippen molar-refractivity contribution in [1.82, 2.24) is 10.6 Å². The molecule has 0 radical (unpaired) electrons. The molecule has 0 aromatic heterocycles. The van der Waals surface area contributed by atoms with E-state index in [2.05, 4.69) is 10.6 Å². The molecule has 2 amide bonds. The fraction of sp³-hybridized carbons (Fsp3) is 0.375. The summed E-state index contributed by atoms with van der Waals surface area (Å²) in [6.45, 7) is 3.81. The summed E-state index contributed by atoms with van der Waals surface area (Å²) in [6, 6.07) is 12.5. The van der Waals surface area contributed by atoms with Crippen molar-refractivity contribution in [3.8, 4) is 5.75 Å². The van der Waals surface area contributed by atoms with Crippen molar-refractivity contribution in [3.05, 3.63) is 65.7 Å². The average molecular weight is 442 g/mol. The number of aliphatic carboxylic acids is 1. The standard InChI is InChI=1S/C24H31N3O5/c1-15(2)12-20(26-22(29)19(25)13-16-6-4-3-5-7-16)23(30)27-21(24(31)32)14-17-8-10-18(28)11-9-17/h3-11,15,19-21,28H,12-14,25H2,1-2H3,(H,26,29)(H,27,30)(H,31,32)/t19-,20-,21-/m0/s1. The van der Waals surface area contributed by atoms with Crippen LogP contribution in [0.5, 0.6) is 5.75 Å². The van der Waals surface area contributed by atoms with Gasteiger partial charge in [-0.1, -0.05) is 56.3 Å². The number of carboxylic acid groups (broad SMARTS) is 1. The van der Waals surface area contributed by atoms with Crippen LogP contribution < -0.4 is 16.4 Å². The molecule has 0 saturated heterocycles. The number of amides is 2. The molecule has 3 atom stereocenters. The number of nitrogens with two attached hydrogens (primary N) is 1. The first-order valence-electron chi connectivity index (χ1n) is 10.6. The van der Waals surface area contributed by atoms with Gasteiger partial charge in [0, 0.05) is 6.42 Å². The summed E-state index contributed by atoms with van der Waals surface area (Å²) < 4.78 is 0. The number of carboxylic acids is 1. The molecule has 0 aliphatic rings. The van der Waals surface area contributed by atoms with Gasteiger partial charge in [-0.15, -0.1) is 0 Å². The fourth-order valence-electron chi connectivity index (χ4n) is 3.28. The summed E-state index contributed by atoms with van der Waals surface area (Å²) in [4.78, 5) is 37.2. The molecule has 8 nitrogen and oxygen atoms in total. The number of carbonyl (C=O) groups excluding carboxylic acids is 2. The number of rotatable bonds is 11. The molecule has 0 fully saturated rings. The molecule has 172 valence electrons. The van der Waals surface area contributed by atoms with Crippen molar-refractivity contribution < 1.29 is 24.6 Å².